The lowest BCUT2D eigenvalue weighted by Crippen LogP contribution is -2.37. The third kappa shape index (κ3) is 2.37. The Morgan fingerprint density at radius 1 is 1.19 bits per heavy atom. The number of anilines is 1. The highest BCUT2D eigenvalue weighted by Crippen LogP contribution is 2.19. The third-order valence-corrected chi connectivity index (χ3v) is 4.93. The van der Waals surface area contributed by atoms with Crippen LogP contribution in [-0.4, -0.2) is 25.4 Å². The molecular formula is C14H13N3O3S. The van der Waals surface area contributed by atoms with E-state index < -0.39 is 9.84 Å². The van der Waals surface area contributed by atoms with E-state index in [-0.39, 0.29) is 16.5 Å². The Balaban J connectivity index is 2.28. The average Bonchev–Trinajstić information content (AvgIpc) is 2.46. The van der Waals surface area contributed by atoms with Gasteiger partial charge in [0.05, 0.1) is 15.1 Å². The Hall–Kier alpha value is -2.38. The van der Waals surface area contributed by atoms with Crippen molar-refractivity contribution >= 4 is 21.7 Å². The minimum Gasteiger partial charge on any atom is -0.399 e. The van der Waals surface area contributed by atoms with E-state index in [9.17, 15) is 13.6 Å². The molecule has 0 saturated carbocycles. The van der Waals surface area contributed by atoms with Crippen molar-refractivity contribution in [1.29, 1.82) is 0 Å². The second-order valence-electron chi connectivity index (χ2n) is 4.64. The SMILES string of the molecule is Nc1cccc(S(=O)(=O)c2cccc3c2=NCN(O)C=3)c1. The molecule has 21 heavy (non-hydrogen) atoms. The van der Waals surface area contributed by atoms with Gasteiger partial charge in [0.25, 0.3) is 0 Å². The molecule has 2 aromatic rings. The van der Waals surface area contributed by atoms with Crippen LogP contribution in [-0.2, 0) is 9.84 Å². The summed E-state index contributed by atoms with van der Waals surface area (Å²) in [5, 5.41) is 11.2. The summed E-state index contributed by atoms with van der Waals surface area (Å²) in [6.45, 7) is -0.00351. The summed E-state index contributed by atoms with van der Waals surface area (Å²) in [6.07, 6.45) is 1.45. The van der Waals surface area contributed by atoms with Gasteiger partial charge in [0.15, 0.2) is 0 Å². The molecule has 0 aromatic heterocycles. The van der Waals surface area contributed by atoms with Gasteiger partial charge >= 0.3 is 0 Å². The maximum atomic E-state index is 12.7. The monoisotopic (exact) mass is 303 g/mol. The Morgan fingerprint density at radius 2 is 1.95 bits per heavy atom. The van der Waals surface area contributed by atoms with Gasteiger partial charge in [-0.05, 0) is 24.3 Å². The van der Waals surface area contributed by atoms with Crippen LogP contribution in [0.5, 0.6) is 0 Å². The van der Waals surface area contributed by atoms with Gasteiger partial charge in [-0.15, -0.1) is 0 Å². The van der Waals surface area contributed by atoms with Crippen LogP contribution in [0.1, 0.15) is 0 Å². The smallest absolute Gasteiger partial charge is 0.208 e. The van der Waals surface area contributed by atoms with Crippen LogP contribution in [0, 0.1) is 0 Å². The molecule has 0 unspecified atom stereocenters. The molecule has 1 aliphatic rings. The van der Waals surface area contributed by atoms with Crippen molar-refractivity contribution in [2.75, 3.05) is 12.4 Å². The Labute approximate surface area is 121 Å². The topological polar surface area (TPSA) is 96.0 Å². The first-order valence-corrected chi connectivity index (χ1v) is 7.68. The molecule has 0 bridgehead atoms. The van der Waals surface area contributed by atoms with E-state index in [4.69, 9.17) is 5.73 Å². The standard InChI is InChI=1S/C14H13N3O3S/c15-11-4-2-5-12(7-11)21(19,20)13-6-1-3-10-8-17(18)9-16-14(10)13/h1-8,18H,9,15H2. The first-order chi connectivity index (χ1) is 9.98. The molecular weight excluding hydrogens is 290 g/mol. The van der Waals surface area contributed by atoms with Gasteiger partial charge in [0.1, 0.15) is 6.67 Å². The normalized spacial score (nSPS) is 14.0. The fourth-order valence-corrected chi connectivity index (χ4v) is 3.68. The van der Waals surface area contributed by atoms with E-state index in [1.807, 2.05) is 0 Å². The number of rotatable bonds is 2. The van der Waals surface area contributed by atoms with Crippen LogP contribution in [0.15, 0.2) is 57.2 Å². The van der Waals surface area contributed by atoms with E-state index in [2.05, 4.69) is 4.99 Å². The number of fused-ring (bicyclic) bond motifs is 1. The molecule has 6 nitrogen and oxygen atoms in total. The molecule has 1 heterocycles. The van der Waals surface area contributed by atoms with Crippen molar-refractivity contribution in [2.24, 2.45) is 4.99 Å². The second-order valence-corrected chi connectivity index (χ2v) is 6.56. The van der Waals surface area contributed by atoms with Gasteiger partial charge in [-0.1, -0.05) is 18.2 Å². The fourth-order valence-electron chi connectivity index (χ4n) is 2.18. The van der Waals surface area contributed by atoms with Crippen molar-refractivity contribution in [3.63, 3.8) is 0 Å². The number of hydroxylamine groups is 2. The third-order valence-electron chi connectivity index (χ3n) is 3.15. The predicted octanol–water partition coefficient (Wildman–Crippen LogP) is 0.121. The van der Waals surface area contributed by atoms with Crippen LogP contribution >= 0.6 is 0 Å². The number of nitrogens with two attached hydrogens (primary N) is 1. The Kier molecular flexibility index (Phi) is 3.15. The molecule has 108 valence electrons. The van der Waals surface area contributed by atoms with Gasteiger partial charge in [-0.25, -0.2) is 13.5 Å². The molecule has 0 amide bonds. The highest BCUT2D eigenvalue weighted by Gasteiger charge is 2.21. The quantitative estimate of drug-likeness (QED) is 0.768. The highest BCUT2D eigenvalue weighted by molar-refractivity contribution is 7.91. The van der Waals surface area contributed by atoms with E-state index in [1.165, 1.54) is 24.4 Å². The second kappa shape index (κ2) is 4.87. The number of benzene rings is 2. The molecule has 2 aromatic carbocycles. The van der Waals surface area contributed by atoms with Crippen molar-refractivity contribution < 1.29 is 13.6 Å². The number of para-hydroxylation sites is 1. The summed E-state index contributed by atoms with van der Waals surface area (Å²) in [6, 6.07) is 10.9. The van der Waals surface area contributed by atoms with Crippen LogP contribution in [0.3, 0.4) is 0 Å². The predicted molar refractivity (Wildman–Crippen MR) is 76.5 cm³/mol. The average molecular weight is 303 g/mol. The van der Waals surface area contributed by atoms with Gasteiger partial charge < -0.3 is 5.73 Å². The van der Waals surface area contributed by atoms with Crippen LogP contribution in [0.2, 0.25) is 0 Å². The number of hydrogen-bond donors (Lipinski definition) is 2. The van der Waals surface area contributed by atoms with Crippen LogP contribution < -0.4 is 16.3 Å². The largest absolute Gasteiger partial charge is 0.399 e. The molecule has 0 radical (unpaired) electrons. The molecule has 0 aliphatic carbocycles. The van der Waals surface area contributed by atoms with E-state index in [1.54, 1.807) is 24.3 Å². The summed E-state index contributed by atoms with van der Waals surface area (Å²) < 4.78 is 25.5. The van der Waals surface area contributed by atoms with Gasteiger partial charge in [-0.2, -0.15) is 0 Å². The van der Waals surface area contributed by atoms with Crippen molar-refractivity contribution in [2.45, 2.75) is 9.79 Å². The molecule has 3 rings (SSSR count). The van der Waals surface area contributed by atoms with Gasteiger partial charge in [0.2, 0.25) is 9.84 Å². The van der Waals surface area contributed by atoms with Crippen molar-refractivity contribution in [3.05, 3.63) is 53.0 Å². The molecule has 7 heteroatoms. The summed E-state index contributed by atoms with van der Waals surface area (Å²) in [4.78, 5) is 4.35. The lowest BCUT2D eigenvalue weighted by molar-refractivity contribution is -0.0200. The maximum Gasteiger partial charge on any atom is 0.208 e. The van der Waals surface area contributed by atoms with Crippen molar-refractivity contribution in [1.82, 2.24) is 5.06 Å². The molecule has 3 N–H and O–H groups in total. The zero-order chi connectivity index (χ0) is 15.0. The number of nitrogens with zero attached hydrogens (tertiary/aromatic N) is 2. The van der Waals surface area contributed by atoms with Crippen LogP contribution in [0.25, 0.3) is 6.20 Å². The Morgan fingerprint density at radius 3 is 2.71 bits per heavy atom. The minimum atomic E-state index is -3.71. The summed E-state index contributed by atoms with van der Waals surface area (Å²) in [7, 11) is -3.71. The molecule has 0 atom stereocenters. The number of nitrogen functional groups attached to an aromatic ring is 1. The highest BCUT2D eigenvalue weighted by atomic mass is 32.2. The van der Waals surface area contributed by atoms with E-state index in [0.717, 1.165) is 5.06 Å². The van der Waals surface area contributed by atoms with E-state index >= 15 is 0 Å². The van der Waals surface area contributed by atoms with Gasteiger partial charge in [-0.3, -0.25) is 10.2 Å². The Bertz CT molecular complexity index is 923. The maximum absolute atomic E-state index is 12.7. The summed E-state index contributed by atoms with van der Waals surface area (Å²) in [5.41, 5.74) is 6.04. The summed E-state index contributed by atoms with van der Waals surface area (Å²) in [5.74, 6) is 0. The fraction of sp³-hybridized carbons (Fsp3) is 0.0714. The lowest BCUT2D eigenvalue weighted by Gasteiger charge is -2.14. The first kappa shape index (κ1) is 13.6. The molecule has 0 saturated heterocycles. The number of sulfone groups is 1. The zero-order valence-corrected chi connectivity index (χ0v) is 11.8. The minimum absolute atomic E-state index is 0.00351. The first-order valence-electron chi connectivity index (χ1n) is 6.20. The van der Waals surface area contributed by atoms with E-state index in [0.29, 0.717) is 16.3 Å². The zero-order valence-electron chi connectivity index (χ0n) is 11.0. The number of hydrogen-bond acceptors (Lipinski definition) is 6. The van der Waals surface area contributed by atoms with Crippen molar-refractivity contribution in [3.8, 4) is 0 Å². The molecule has 0 fully saturated rings. The molecule has 1 aliphatic heterocycles. The molecule has 0 spiro atoms. The van der Waals surface area contributed by atoms with Crippen LogP contribution in [0.4, 0.5) is 5.69 Å². The lowest BCUT2D eigenvalue weighted by atomic mass is 10.3. The van der Waals surface area contributed by atoms with Gasteiger partial charge in [0, 0.05) is 17.1 Å². The summed E-state index contributed by atoms with van der Waals surface area (Å²) >= 11 is 0.